The fourth-order valence-corrected chi connectivity index (χ4v) is 5.14. The molecule has 4 heterocycles. The van der Waals surface area contributed by atoms with Crippen molar-refractivity contribution in [1.82, 2.24) is 19.6 Å². The van der Waals surface area contributed by atoms with Gasteiger partial charge in [-0.05, 0) is 86.1 Å². The zero-order chi connectivity index (χ0) is 23.3. The highest BCUT2D eigenvalue weighted by atomic mass is 32.1. The number of carbonyl (C=O) groups is 1. The SMILES string of the molecule is Cc1ccc2nc(COc3ccc(C(=O)NCC4CCN(Cc5cccs5)CC4)cc3)cn2c1. The summed E-state index contributed by atoms with van der Waals surface area (Å²) in [6.07, 6.45) is 6.28. The van der Waals surface area contributed by atoms with Crippen molar-refractivity contribution >= 4 is 22.9 Å². The van der Waals surface area contributed by atoms with Gasteiger partial charge in [0.25, 0.3) is 5.91 Å². The molecule has 0 atom stereocenters. The summed E-state index contributed by atoms with van der Waals surface area (Å²) in [5.74, 6) is 1.24. The Balaban J connectivity index is 1.06. The van der Waals surface area contributed by atoms with Crippen LogP contribution in [-0.4, -0.2) is 39.8 Å². The Hall–Kier alpha value is -3.16. The molecule has 4 aromatic rings. The Morgan fingerprint density at radius 3 is 2.71 bits per heavy atom. The van der Waals surface area contributed by atoms with Gasteiger partial charge in [0.05, 0.1) is 5.69 Å². The molecule has 1 fully saturated rings. The number of nitrogens with one attached hydrogen (secondary N) is 1. The number of hydrogen-bond acceptors (Lipinski definition) is 5. The summed E-state index contributed by atoms with van der Waals surface area (Å²) in [6.45, 7) is 6.41. The lowest BCUT2D eigenvalue weighted by Gasteiger charge is -2.31. The summed E-state index contributed by atoms with van der Waals surface area (Å²) in [7, 11) is 0. The second-order valence-corrected chi connectivity index (χ2v) is 10.1. The van der Waals surface area contributed by atoms with Crippen molar-refractivity contribution < 1.29 is 9.53 Å². The van der Waals surface area contributed by atoms with Gasteiger partial charge in [-0.2, -0.15) is 0 Å². The van der Waals surface area contributed by atoms with Crippen molar-refractivity contribution in [2.75, 3.05) is 19.6 Å². The topological polar surface area (TPSA) is 58.9 Å². The van der Waals surface area contributed by atoms with Gasteiger partial charge in [-0.15, -0.1) is 11.3 Å². The largest absolute Gasteiger partial charge is 0.487 e. The van der Waals surface area contributed by atoms with Gasteiger partial charge in [0.2, 0.25) is 0 Å². The number of pyridine rings is 1. The fourth-order valence-electron chi connectivity index (χ4n) is 4.40. The predicted octanol–water partition coefficient (Wildman–Crippen LogP) is 4.93. The molecule has 0 spiro atoms. The van der Waals surface area contributed by atoms with Crippen molar-refractivity contribution in [2.45, 2.75) is 32.9 Å². The second-order valence-electron chi connectivity index (χ2n) is 9.03. The van der Waals surface area contributed by atoms with Crippen LogP contribution in [0.25, 0.3) is 5.65 Å². The fraction of sp³-hybridized carbons (Fsp3) is 0.333. The Kier molecular flexibility index (Phi) is 6.92. The molecular formula is C27H30N4O2S. The maximum Gasteiger partial charge on any atom is 0.251 e. The Morgan fingerprint density at radius 1 is 1.12 bits per heavy atom. The second kappa shape index (κ2) is 10.4. The van der Waals surface area contributed by atoms with Gasteiger partial charge < -0.3 is 14.5 Å². The van der Waals surface area contributed by atoms with Gasteiger partial charge in [0.1, 0.15) is 18.0 Å². The van der Waals surface area contributed by atoms with Crippen LogP contribution in [0.2, 0.25) is 0 Å². The molecule has 1 amide bonds. The third-order valence-electron chi connectivity index (χ3n) is 6.37. The van der Waals surface area contributed by atoms with E-state index in [-0.39, 0.29) is 5.91 Å². The lowest BCUT2D eigenvalue weighted by Crippen LogP contribution is -2.38. The number of piperidine rings is 1. The molecule has 1 saturated heterocycles. The quantitative estimate of drug-likeness (QED) is 0.394. The first-order chi connectivity index (χ1) is 16.6. The number of carbonyl (C=O) groups excluding carboxylic acids is 1. The molecule has 6 nitrogen and oxygen atoms in total. The van der Waals surface area contributed by atoms with Crippen molar-refractivity contribution in [3.05, 3.63) is 88.0 Å². The number of thiophene rings is 1. The van der Waals surface area contributed by atoms with E-state index in [1.54, 1.807) is 0 Å². The lowest BCUT2D eigenvalue weighted by atomic mass is 9.96. The summed E-state index contributed by atoms with van der Waals surface area (Å²) in [4.78, 5) is 21.1. The summed E-state index contributed by atoms with van der Waals surface area (Å²) in [5, 5.41) is 5.25. The number of ether oxygens (including phenoxy) is 1. The third kappa shape index (κ3) is 5.66. The molecule has 1 aliphatic rings. The molecule has 7 heteroatoms. The number of imidazole rings is 1. The van der Waals surface area contributed by atoms with Crippen LogP contribution in [0, 0.1) is 12.8 Å². The predicted molar refractivity (Wildman–Crippen MR) is 135 cm³/mol. The van der Waals surface area contributed by atoms with E-state index in [4.69, 9.17) is 4.74 Å². The zero-order valence-electron chi connectivity index (χ0n) is 19.4. The maximum absolute atomic E-state index is 12.6. The summed E-state index contributed by atoms with van der Waals surface area (Å²) in [6, 6.07) is 15.7. The highest BCUT2D eigenvalue weighted by Gasteiger charge is 2.20. The number of fused-ring (bicyclic) bond motifs is 1. The molecule has 1 aromatic carbocycles. The number of aromatic nitrogens is 2. The number of rotatable bonds is 8. The smallest absolute Gasteiger partial charge is 0.251 e. The van der Waals surface area contributed by atoms with Gasteiger partial charge in [-0.1, -0.05) is 12.1 Å². The molecule has 176 valence electrons. The van der Waals surface area contributed by atoms with Crippen molar-refractivity contribution in [3.63, 3.8) is 0 Å². The van der Waals surface area contributed by atoms with Crippen LogP contribution in [0.4, 0.5) is 0 Å². The molecular weight excluding hydrogens is 444 g/mol. The number of hydrogen-bond donors (Lipinski definition) is 1. The number of amides is 1. The van der Waals surface area contributed by atoms with E-state index in [2.05, 4.69) is 39.6 Å². The van der Waals surface area contributed by atoms with E-state index in [1.807, 2.05) is 64.5 Å². The first-order valence-electron chi connectivity index (χ1n) is 11.8. The monoisotopic (exact) mass is 474 g/mol. The minimum atomic E-state index is -0.0247. The van der Waals surface area contributed by atoms with Gasteiger partial charge in [0, 0.05) is 35.9 Å². The molecule has 1 aliphatic heterocycles. The first-order valence-corrected chi connectivity index (χ1v) is 12.7. The molecule has 0 bridgehead atoms. The molecule has 0 unspecified atom stereocenters. The summed E-state index contributed by atoms with van der Waals surface area (Å²) < 4.78 is 7.89. The number of aryl methyl sites for hydroxylation is 1. The Morgan fingerprint density at radius 2 is 1.94 bits per heavy atom. The molecule has 1 N–H and O–H groups in total. The third-order valence-corrected chi connectivity index (χ3v) is 7.23. The van der Waals surface area contributed by atoms with Crippen LogP contribution in [0.1, 0.15) is 39.3 Å². The number of likely N-dealkylation sites (tertiary alicyclic amines) is 1. The Labute approximate surface area is 204 Å². The average molecular weight is 475 g/mol. The Bertz CT molecular complexity index is 1230. The number of nitrogens with zero attached hydrogens (tertiary/aromatic N) is 3. The van der Waals surface area contributed by atoms with Crippen LogP contribution in [0.15, 0.2) is 66.3 Å². The minimum absolute atomic E-state index is 0.0247. The minimum Gasteiger partial charge on any atom is -0.487 e. The highest BCUT2D eigenvalue weighted by molar-refractivity contribution is 7.09. The molecule has 0 aliphatic carbocycles. The van der Waals surface area contributed by atoms with E-state index in [1.165, 1.54) is 10.4 Å². The number of benzene rings is 1. The van der Waals surface area contributed by atoms with E-state index in [9.17, 15) is 4.79 Å². The molecule has 0 radical (unpaired) electrons. The van der Waals surface area contributed by atoms with Crippen LogP contribution < -0.4 is 10.1 Å². The molecule has 34 heavy (non-hydrogen) atoms. The first kappa shape index (κ1) is 22.6. The standard InChI is InChI=1S/C27H30N4O2S/c1-20-4-9-26-29-23(17-31(26)16-20)19-33-24-7-5-22(6-8-24)27(32)28-15-21-10-12-30(13-11-21)18-25-3-2-14-34-25/h2-9,14,16-17,21H,10-13,15,18-19H2,1H3,(H,28,32). The van der Waals surface area contributed by atoms with Gasteiger partial charge in [0.15, 0.2) is 0 Å². The van der Waals surface area contributed by atoms with E-state index < -0.39 is 0 Å². The zero-order valence-corrected chi connectivity index (χ0v) is 20.3. The highest BCUT2D eigenvalue weighted by Crippen LogP contribution is 2.21. The average Bonchev–Trinajstić information content (AvgIpc) is 3.51. The van der Waals surface area contributed by atoms with E-state index in [0.29, 0.717) is 18.1 Å². The summed E-state index contributed by atoms with van der Waals surface area (Å²) in [5.41, 5.74) is 3.62. The van der Waals surface area contributed by atoms with Crippen LogP contribution >= 0.6 is 11.3 Å². The van der Waals surface area contributed by atoms with E-state index in [0.717, 1.165) is 56.1 Å². The van der Waals surface area contributed by atoms with Crippen molar-refractivity contribution in [2.24, 2.45) is 5.92 Å². The molecule has 0 saturated carbocycles. The van der Waals surface area contributed by atoms with Crippen LogP contribution in [-0.2, 0) is 13.2 Å². The van der Waals surface area contributed by atoms with Crippen molar-refractivity contribution in [3.8, 4) is 5.75 Å². The maximum atomic E-state index is 12.6. The molecule has 5 rings (SSSR count). The summed E-state index contributed by atoms with van der Waals surface area (Å²) >= 11 is 1.82. The van der Waals surface area contributed by atoms with Crippen LogP contribution in [0.3, 0.4) is 0 Å². The van der Waals surface area contributed by atoms with Crippen LogP contribution in [0.5, 0.6) is 5.75 Å². The lowest BCUT2D eigenvalue weighted by molar-refractivity contribution is 0.0935. The van der Waals surface area contributed by atoms with Gasteiger partial charge in [-0.3, -0.25) is 9.69 Å². The molecule has 3 aromatic heterocycles. The van der Waals surface area contributed by atoms with E-state index >= 15 is 0 Å². The normalized spacial score (nSPS) is 15.0. The van der Waals surface area contributed by atoms with Gasteiger partial charge >= 0.3 is 0 Å². The van der Waals surface area contributed by atoms with Crippen molar-refractivity contribution in [1.29, 1.82) is 0 Å². The van der Waals surface area contributed by atoms with Gasteiger partial charge in [-0.25, -0.2) is 4.98 Å².